The zero-order chi connectivity index (χ0) is 13.8. The molecule has 1 N–H and O–H groups in total. The Bertz CT molecular complexity index is 500. The molecule has 19 heavy (non-hydrogen) atoms. The quantitative estimate of drug-likeness (QED) is 0.800. The van der Waals surface area contributed by atoms with Crippen molar-refractivity contribution in [1.29, 1.82) is 0 Å². The molecule has 0 radical (unpaired) electrons. The Morgan fingerprint density at radius 2 is 2.53 bits per heavy atom. The summed E-state index contributed by atoms with van der Waals surface area (Å²) in [5.41, 5.74) is -0.449. The van der Waals surface area contributed by atoms with Gasteiger partial charge in [-0.25, -0.2) is 4.79 Å². The zero-order valence-electron chi connectivity index (χ0n) is 10.9. The van der Waals surface area contributed by atoms with Crippen LogP contribution in [0.25, 0.3) is 0 Å². The first-order valence-corrected chi connectivity index (χ1v) is 6.32. The lowest BCUT2D eigenvalue weighted by Crippen LogP contribution is -2.27. The van der Waals surface area contributed by atoms with E-state index < -0.39 is 18.0 Å². The summed E-state index contributed by atoms with van der Waals surface area (Å²) in [6.07, 6.45) is 3.02. The number of aliphatic hydroxyl groups is 1. The van der Waals surface area contributed by atoms with Crippen LogP contribution >= 0.6 is 0 Å². The maximum Gasteiger partial charge on any atom is 0.352 e. The van der Waals surface area contributed by atoms with Crippen LogP contribution in [0.3, 0.4) is 0 Å². The van der Waals surface area contributed by atoms with Gasteiger partial charge in [-0.3, -0.25) is 4.57 Å². The van der Waals surface area contributed by atoms with Gasteiger partial charge in [0.05, 0.1) is 12.2 Å². The lowest BCUT2D eigenvalue weighted by atomic mass is 10.1. The van der Waals surface area contributed by atoms with Gasteiger partial charge in [0.2, 0.25) is 5.88 Å². The van der Waals surface area contributed by atoms with E-state index in [-0.39, 0.29) is 12.0 Å². The van der Waals surface area contributed by atoms with Crippen LogP contribution in [-0.4, -0.2) is 33.5 Å². The van der Waals surface area contributed by atoms with E-state index in [1.54, 1.807) is 18.3 Å². The number of rotatable bonds is 5. The molecule has 1 saturated heterocycles. The Morgan fingerprint density at radius 3 is 3.11 bits per heavy atom. The fraction of sp³-hybridized carbons (Fsp3) is 0.538. The molecule has 0 bridgehead atoms. The standard InChI is InChI=1S/C13H18N2O4/c1-3-7-18-11-5-6-15(13(17)14-11)12-8-9(16)10(4-2)19-12/h3,5-6,9-10,12,16H,1,4,7-8H2,2H3. The van der Waals surface area contributed by atoms with Gasteiger partial charge in [-0.1, -0.05) is 19.6 Å². The number of aliphatic hydroxyl groups excluding tert-OH is 1. The lowest BCUT2D eigenvalue weighted by Gasteiger charge is -2.14. The minimum absolute atomic E-state index is 0.228. The first-order chi connectivity index (χ1) is 9.15. The number of hydrogen-bond donors (Lipinski definition) is 1. The lowest BCUT2D eigenvalue weighted by molar-refractivity contribution is -0.0218. The van der Waals surface area contributed by atoms with Gasteiger partial charge in [0.1, 0.15) is 12.8 Å². The average molecular weight is 266 g/mol. The van der Waals surface area contributed by atoms with Gasteiger partial charge in [-0.15, -0.1) is 0 Å². The molecule has 1 aromatic heterocycles. The number of ether oxygens (including phenoxy) is 2. The molecule has 6 heteroatoms. The third kappa shape index (κ3) is 3.02. The third-order valence-corrected chi connectivity index (χ3v) is 3.07. The van der Waals surface area contributed by atoms with Crippen molar-refractivity contribution in [1.82, 2.24) is 9.55 Å². The highest BCUT2D eigenvalue weighted by molar-refractivity contribution is 5.06. The highest BCUT2D eigenvalue weighted by atomic mass is 16.5. The first kappa shape index (κ1) is 13.8. The van der Waals surface area contributed by atoms with Crippen molar-refractivity contribution in [3.05, 3.63) is 35.4 Å². The summed E-state index contributed by atoms with van der Waals surface area (Å²) < 4.78 is 12.2. The smallest absolute Gasteiger partial charge is 0.352 e. The van der Waals surface area contributed by atoms with Crippen molar-refractivity contribution in [3.8, 4) is 5.88 Å². The second-order valence-corrected chi connectivity index (χ2v) is 4.40. The Hall–Kier alpha value is -1.66. The fourth-order valence-electron chi connectivity index (χ4n) is 2.09. The predicted octanol–water partition coefficient (Wildman–Crippen LogP) is 0.866. The zero-order valence-corrected chi connectivity index (χ0v) is 10.9. The molecule has 1 aliphatic rings. The van der Waals surface area contributed by atoms with Crippen LogP contribution in [0.4, 0.5) is 0 Å². The van der Waals surface area contributed by atoms with Crippen molar-refractivity contribution in [2.45, 2.75) is 38.2 Å². The van der Waals surface area contributed by atoms with Gasteiger partial charge in [-0.05, 0) is 6.42 Å². The van der Waals surface area contributed by atoms with Crippen molar-refractivity contribution in [3.63, 3.8) is 0 Å². The molecule has 2 rings (SSSR count). The molecule has 0 saturated carbocycles. The summed E-state index contributed by atoms with van der Waals surface area (Å²) in [6, 6.07) is 1.60. The van der Waals surface area contributed by atoms with Crippen molar-refractivity contribution >= 4 is 0 Å². The molecule has 1 aromatic rings. The van der Waals surface area contributed by atoms with Crippen LogP contribution < -0.4 is 10.4 Å². The van der Waals surface area contributed by atoms with Gasteiger partial charge in [-0.2, -0.15) is 4.98 Å². The summed E-state index contributed by atoms with van der Waals surface area (Å²) in [6.45, 7) is 5.75. The van der Waals surface area contributed by atoms with E-state index >= 15 is 0 Å². The topological polar surface area (TPSA) is 73.6 Å². The number of hydrogen-bond acceptors (Lipinski definition) is 5. The van der Waals surface area contributed by atoms with E-state index in [4.69, 9.17) is 9.47 Å². The first-order valence-electron chi connectivity index (χ1n) is 6.32. The summed E-state index contributed by atoms with van der Waals surface area (Å²) in [5.74, 6) is 0.256. The molecule has 104 valence electrons. The van der Waals surface area contributed by atoms with Crippen LogP contribution in [0.2, 0.25) is 0 Å². The molecule has 6 nitrogen and oxygen atoms in total. The molecule has 0 aromatic carbocycles. The minimum atomic E-state index is -0.543. The Morgan fingerprint density at radius 1 is 1.74 bits per heavy atom. The largest absolute Gasteiger partial charge is 0.473 e. The van der Waals surface area contributed by atoms with Crippen LogP contribution in [-0.2, 0) is 4.74 Å². The Kier molecular flexibility index (Phi) is 4.34. The molecule has 1 fully saturated rings. The van der Waals surface area contributed by atoms with Gasteiger partial charge >= 0.3 is 5.69 Å². The van der Waals surface area contributed by atoms with E-state index in [9.17, 15) is 9.90 Å². The monoisotopic (exact) mass is 266 g/mol. The van der Waals surface area contributed by atoms with Crippen molar-refractivity contribution in [2.75, 3.05) is 6.61 Å². The van der Waals surface area contributed by atoms with E-state index in [2.05, 4.69) is 11.6 Å². The Balaban J connectivity index is 2.13. The highest BCUT2D eigenvalue weighted by Crippen LogP contribution is 2.29. The van der Waals surface area contributed by atoms with E-state index in [0.29, 0.717) is 19.4 Å². The summed E-state index contributed by atoms with van der Waals surface area (Å²) in [4.78, 5) is 15.7. The fourth-order valence-corrected chi connectivity index (χ4v) is 2.09. The third-order valence-electron chi connectivity index (χ3n) is 3.07. The van der Waals surface area contributed by atoms with E-state index in [1.165, 1.54) is 4.57 Å². The molecule has 0 aliphatic carbocycles. The van der Waals surface area contributed by atoms with Crippen LogP contribution in [0.1, 0.15) is 26.0 Å². The Labute approximate surface area is 111 Å². The van der Waals surface area contributed by atoms with Gasteiger partial charge in [0.15, 0.2) is 0 Å². The second kappa shape index (κ2) is 5.99. The average Bonchev–Trinajstić information content (AvgIpc) is 2.77. The molecular weight excluding hydrogens is 248 g/mol. The van der Waals surface area contributed by atoms with Crippen molar-refractivity contribution < 1.29 is 14.6 Å². The normalized spacial score (nSPS) is 26.3. The number of nitrogens with zero attached hydrogens (tertiary/aromatic N) is 2. The molecule has 0 amide bonds. The van der Waals surface area contributed by atoms with Gasteiger partial charge in [0, 0.05) is 18.7 Å². The predicted molar refractivity (Wildman–Crippen MR) is 69.0 cm³/mol. The summed E-state index contributed by atoms with van der Waals surface area (Å²) >= 11 is 0. The maximum atomic E-state index is 11.9. The van der Waals surface area contributed by atoms with Crippen LogP contribution in [0.15, 0.2) is 29.7 Å². The molecule has 2 heterocycles. The maximum absolute atomic E-state index is 11.9. The van der Waals surface area contributed by atoms with Crippen LogP contribution in [0, 0.1) is 0 Å². The molecule has 3 unspecified atom stereocenters. The second-order valence-electron chi connectivity index (χ2n) is 4.40. The SMILES string of the molecule is C=CCOc1ccn(C2CC(O)C(CC)O2)c(=O)n1. The molecule has 0 spiro atoms. The molecule has 3 atom stereocenters. The van der Waals surface area contributed by atoms with Crippen LogP contribution in [0.5, 0.6) is 5.88 Å². The van der Waals surface area contributed by atoms with Crippen molar-refractivity contribution in [2.24, 2.45) is 0 Å². The van der Waals surface area contributed by atoms with Gasteiger partial charge < -0.3 is 14.6 Å². The molecular formula is C13H18N2O4. The van der Waals surface area contributed by atoms with E-state index in [0.717, 1.165) is 0 Å². The molecule has 1 aliphatic heterocycles. The summed E-state index contributed by atoms with van der Waals surface area (Å²) in [7, 11) is 0. The van der Waals surface area contributed by atoms with Gasteiger partial charge in [0.25, 0.3) is 0 Å². The van der Waals surface area contributed by atoms with E-state index in [1.807, 2.05) is 6.92 Å². The summed E-state index contributed by atoms with van der Waals surface area (Å²) in [5, 5.41) is 9.79. The number of aromatic nitrogens is 2. The minimum Gasteiger partial charge on any atom is -0.473 e. The highest BCUT2D eigenvalue weighted by Gasteiger charge is 2.34.